The first kappa shape index (κ1) is 21.6. The SMILES string of the molecule is O=C(NC1(c2ccc(-c3cccc(F)c3O)cc2)CCOc2cccnc21)c1ccc(F)cc1. The van der Waals surface area contributed by atoms with Crippen molar-refractivity contribution in [3.8, 4) is 22.6 Å². The van der Waals surface area contributed by atoms with Gasteiger partial charge in [0.2, 0.25) is 0 Å². The number of phenolic OH excluding ortho intramolecular Hbond substituents is 1. The van der Waals surface area contributed by atoms with Gasteiger partial charge in [-0.25, -0.2) is 8.78 Å². The van der Waals surface area contributed by atoms with E-state index in [0.717, 1.165) is 5.56 Å². The average molecular weight is 458 g/mol. The van der Waals surface area contributed by atoms with Crippen molar-refractivity contribution in [2.45, 2.75) is 12.0 Å². The van der Waals surface area contributed by atoms with Gasteiger partial charge in [-0.3, -0.25) is 9.78 Å². The Balaban J connectivity index is 1.59. The van der Waals surface area contributed by atoms with E-state index in [-0.39, 0.29) is 5.91 Å². The van der Waals surface area contributed by atoms with Crippen LogP contribution in [0.3, 0.4) is 0 Å². The highest BCUT2D eigenvalue weighted by Crippen LogP contribution is 2.41. The molecule has 0 spiro atoms. The van der Waals surface area contributed by atoms with Crippen molar-refractivity contribution in [1.29, 1.82) is 0 Å². The van der Waals surface area contributed by atoms with Gasteiger partial charge < -0.3 is 15.2 Å². The largest absolute Gasteiger partial charge is 0.504 e. The van der Waals surface area contributed by atoms with E-state index in [1.807, 2.05) is 12.1 Å². The molecule has 170 valence electrons. The highest BCUT2D eigenvalue weighted by atomic mass is 19.1. The molecule has 5 nitrogen and oxygen atoms in total. The molecular formula is C27H20F2N2O3. The van der Waals surface area contributed by atoms with E-state index in [0.29, 0.717) is 41.2 Å². The first-order valence-corrected chi connectivity index (χ1v) is 10.7. The van der Waals surface area contributed by atoms with Gasteiger partial charge in [0.15, 0.2) is 11.6 Å². The number of hydrogen-bond donors (Lipinski definition) is 2. The maximum absolute atomic E-state index is 13.8. The van der Waals surface area contributed by atoms with Crippen LogP contribution in [-0.2, 0) is 5.54 Å². The molecule has 2 N–H and O–H groups in total. The normalized spacial score (nSPS) is 16.9. The monoisotopic (exact) mass is 458 g/mol. The molecule has 4 aromatic rings. The van der Waals surface area contributed by atoms with Crippen LogP contribution in [0.4, 0.5) is 8.78 Å². The summed E-state index contributed by atoms with van der Waals surface area (Å²) < 4.78 is 33.0. The zero-order valence-corrected chi connectivity index (χ0v) is 18.0. The summed E-state index contributed by atoms with van der Waals surface area (Å²) >= 11 is 0. The third kappa shape index (κ3) is 3.75. The van der Waals surface area contributed by atoms with Crippen LogP contribution >= 0.6 is 0 Å². The van der Waals surface area contributed by atoms with Crippen LogP contribution in [0.2, 0.25) is 0 Å². The summed E-state index contributed by atoms with van der Waals surface area (Å²) in [5.74, 6) is -1.38. The summed E-state index contributed by atoms with van der Waals surface area (Å²) in [7, 11) is 0. The molecule has 0 saturated carbocycles. The summed E-state index contributed by atoms with van der Waals surface area (Å²) in [5, 5.41) is 13.2. The van der Waals surface area contributed by atoms with Gasteiger partial charge in [0.25, 0.3) is 5.91 Å². The number of carbonyl (C=O) groups excluding carboxylic acids is 1. The molecule has 7 heteroatoms. The Bertz CT molecular complexity index is 1360. The number of para-hydroxylation sites is 1. The smallest absolute Gasteiger partial charge is 0.252 e. The fourth-order valence-corrected chi connectivity index (χ4v) is 4.28. The lowest BCUT2D eigenvalue weighted by Gasteiger charge is -2.39. The van der Waals surface area contributed by atoms with Crippen LogP contribution in [-0.4, -0.2) is 22.6 Å². The lowest BCUT2D eigenvalue weighted by molar-refractivity contribution is 0.0883. The lowest BCUT2D eigenvalue weighted by atomic mass is 9.80. The number of phenols is 1. The van der Waals surface area contributed by atoms with E-state index in [2.05, 4.69) is 10.3 Å². The number of aromatic hydroxyl groups is 1. The minimum atomic E-state index is -1.01. The molecular weight excluding hydrogens is 438 g/mol. The van der Waals surface area contributed by atoms with Crippen molar-refractivity contribution < 1.29 is 23.4 Å². The predicted octanol–water partition coefficient (Wildman–Crippen LogP) is 5.19. The number of halogens is 2. The van der Waals surface area contributed by atoms with E-state index < -0.39 is 22.9 Å². The minimum Gasteiger partial charge on any atom is -0.504 e. The van der Waals surface area contributed by atoms with Crippen LogP contribution in [0, 0.1) is 11.6 Å². The van der Waals surface area contributed by atoms with Crippen molar-refractivity contribution in [2.24, 2.45) is 0 Å². The number of hydrogen-bond acceptors (Lipinski definition) is 4. The quantitative estimate of drug-likeness (QED) is 0.442. The molecule has 0 aliphatic carbocycles. The summed E-state index contributed by atoms with van der Waals surface area (Å²) in [4.78, 5) is 17.7. The van der Waals surface area contributed by atoms with Crippen molar-refractivity contribution in [3.05, 3.63) is 114 Å². The second-order valence-corrected chi connectivity index (χ2v) is 8.03. The van der Waals surface area contributed by atoms with Gasteiger partial charge in [0, 0.05) is 23.7 Å². The van der Waals surface area contributed by atoms with Crippen LogP contribution in [0.15, 0.2) is 85.1 Å². The Labute approximate surface area is 194 Å². The second-order valence-electron chi connectivity index (χ2n) is 8.03. The molecule has 1 aromatic heterocycles. The number of ether oxygens (including phenoxy) is 1. The molecule has 1 amide bonds. The number of carbonyl (C=O) groups is 1. The Morgan fingerprint density at radius 2 is 1.74 bits per heavy atom. The zero-order chi connectivity index (χ0) is 23.7. The molecule has 0 bridgehead atoms. The van der Waals surface area contributed by atoms with E-state index in [4.69, 9.17) is 4.74 Å². The number of amides is 1. The maximum atomic E-state index is 13.8. The van der Waals surface area contributed by atoms with Crippen molar-refractivity contribution in [1.82, 2.24) is 10.3 Å². The van der Waals surface area contributed by atoms with E-state index in [9.17, 15) is 18.7 Å². The van der Waals surface area contributed by atoms with E-state index >= 15 is 0 Å². The fraction of sp³-hybridized carbons (Fsp3) is 0.111. The molecule has 1 aliphatic rings. The predicted molar refractivity (Wildman–Crippen MR) is 122 cm³/mol. The first-order valence-electron chi connectivity index (χ1n) is 10.7. The number of pyridine rings is 1. The molecule has 5 rings (SSSR count). The summed E-state index contributed by atoms with van der Waals surface area (Å²) in [5.41, 5.74) is 1.58. The number of nitrogens with zero attached hydrogens (tertiary/aromatic N) is 1. The van der Waals surface area contributed by atoms with Gasteiger partial charge in [-0.1, -0.05) is 36.4 Å². The summed E-state index contributed by atoms with van der Waals surface area (Å²) in [6.07, 6.45) is 2.04. The molecule has 3 aromatic carbocycles. The van der Waals surface area contributed by atoms with Crippen molar-refractivity contribution in [2.75, 3.05) is 6.61 Å². The van der Waals surface area contributed by atoms with Crippen LogP contribution in [0.1, 0.15) is 28.0 Å². The van der Waals surface area contributed by atoms with Gasteiger partial charge >= 0.3 is 0 Å². The van der Waals surface area contributed by atoms with E-state index in [1.54, 1.807) is 36.5 Å². The number of fused-ring (bicyclic) bond motifs is 1. The van der Waals surface area contributed by atoms with Gasteiger partial charge in [-0.05, 0) is 53.6 Å². The third-order valence-electron chi connectivity index (χ3n) is 6.02. The molecule has 1 aliphatic heterocycles. The van der Waals surface area contributed by atoms with Gasteiger partial charge in [-0.2, -0.15) is 0 Å². The van der Waals surface area contributed by atoms with Gasteiger partial charge in [0.1, 0.15) is 22.8 Å². The van der Waals surface area contributed by atoms with Crippen LogP contribution < -0.4 is 10.1 Å². The molecule has 0 fully saturated rings. The molecule has 1 atom stereocenters. The summed E-state index contributed by atoms with van der Waals surface area (Å²) in [6.45, 7) is 0.342. The second kappa shape index (κ2) is 8.59. The molecule has 34 heavy (non-hydrogen) atoms. The minimum absolute atomic E-state index is 0.311. The molecule has 0 radical (unpaired) electrons. The third-order valence-corrected chi connectivity index (χ3v) is 6.02. The molecule has 1 unspecified atom stereocenters. The Kier molecular flexibility index (Phi) is 5.45. The summed E-state index contributed by atoms with van der Waals surface area (Å²) in [6, 6.07) is 20.4. The Morgan fingerprint density at radius 1 is 0.971 bits per heavy atom. The Hall–Kier alpha value is -4.26. The maximum Gasteiger partial charge on any atom is 0.252 e. The van der Waals surface area contributed by atoms with E-state index in [1.165, 1.54) is 36.4 Å². The van der Waals surface area contributed by atoms with Crippen LogP contribution in [0.5, 0.6) is 11.5 Å². The van der Waals surface area contributed by atoms with Crippen LogP contribution in [0.25, 0.3) is 11.1 Å². The number of aromatic nitrogens is 1. The molecule has 2 heterocycles. The van der Waals surface area contributed by atoms with Gasteiger partial charge in [-0.15, -0.1) is 0 Å². The van der Waals surface area contributed by atoms with Crippen molar-refractivity contribution in [3.63, 3.8) is 0 Å². The number of benzene rings is 3. The number of nitrogens with one attached hydrogen (secondary N) is 1. The standard InChI is InChI=1S/C27H20F2N2O3/c28-20-12-8-18(9-13-20)26(33)31-27(14-16-34-23-5-2-15-30-25(23)27)19-10-6-17(7-11-19)21-3-1-4-22(29)24(21)32/h1-13,15,32H,14,16H2,(H,31,33). The molecule has 0 saturated heterocycles. The van der Waals surface area contributed by atoms with Gasteiger partial charge in [0.05, 0.1) is 6.61 Å². The zero-order valence-electron chi connectivity index (χ0n) is 18.0. The Morgan fingerprint density at radius 3 is 2.50 bits per heavy atom. The fourth-order valence-electron chi connectivity index (χ4n) is 4.28. The first-order chi connectivity index (χ1) is 16.5. The average Bonchev–Trinajstić information content (AvgIpc) is 2.86. The highest BCUT2D eigenvalue weighted by molar-refractivity contribution is 5.95. The van der Waals surface area contributed by atoms with Crippen molar-refractivity contribution >= 4 is 5.91 Å². The topological polar surface area (TPSA) is 71.5 Å². The lowest BCUT2D eigenvalue weighted by Crippen LogP contribution is -2.50. The highest BCUT2D eigenvalue weighted by Gasteiger charge is 2.42. The number of rotatable bonds is 4.